The van der Waals surface area contributed by atoms with Crippen LogP contribution < -0.4 is 9.47 Å². The van der Waals surface area contributed by atoms with Crippen LogP contribution in [0.25, 0.3) is 0 Å². The van der Waals surface area contributed by atoms with E-state index in [1.807, 2.05) is 10.8 Å². The Balaban J connectivity index is 1.73. The molecule has 2 nitrogen and oxygen atoms in total. The molecule has 0 aromatic carbocycles. The van der Waals surface area contributed by atoms with E-state index in [4.69, 9.17) is 9.47 Å². The minimum atomic E-state index is 0.268. The van der Waals surface area contributed by atoms with Crippen molar-refractivity contribution in [1.29, 1.82) is 0 Å². The standard InChI is InChI=1S/C12H18O2S/c1-2-3-4-5-6-10-7-13-11-8-15-9-12(11)14-10/h8-10H,2-7H2,1H3/t10-/m0/s1. The van der Waals surface area contributed by atoms with Gasteiger partial charge in [0.15, 0.2) is 11.5 Å². The van der Waals surface area contributed by atoms with Crippen molar-refractivity contribution in [3.05, 3.63) is 10.8 Å². The second-order valence-electron chi connectivity index (χ2n) is 4.00. The third-order valence-electron chi connectivity index (χ3n) is 2.69. The van der Waals surface area contributed by atoms with Crippen LogP contribution in [0.5, 0.6) is 11.5 Å². The maximum Gasteiger partial charge on any atom is 0.172 e. The molecule has 1 aliphatic heterocycles. The van der Waals surface area contributed by atoms with Crippen LogP contribution in [-0.2, 0) is 0 Å². The lowest BCUT2D eigenvalue weighted by Crippen LogP contribution is -2.28. The van der Waals surface area contributed by atoms with Gasteiger partial charge in [-0.3, -0.25) is 0 Å². The number of fused-ring (bicyclic) bond motifs is 1. The predicted octanol–water partition coefficient (Wildman–Crippen LogP) is 3.86. The molecule has 0 spiro atoms. The minimum absolute atomic E-state index is 0.268. The summed E-state index contributed by atoms with van der Waals surface area (Å²) in [7, 11) is 0. The Kier molecular flexibility index (Phi) is 3.89. The van der Waals surface area contributed by atoms with Crippen molar-refractivity contribution >= 4 is 11.3 Å². The largest absolute Gasteiger partial charge is 0.485 e. The molecule has 1 aromatic heterocycles. The Morgan fingerprint density at radius 1 is 1.27 bits per heavy atom. The summed E-state index contributed by atoms with van der Waals surface area (Å²) < 4.78 is 11.5. The Labute approximate surface area is 95.2 Å². The van der Waals surface area contributed by atoms with Crippen molar-refractivity contribution in [2.75, 3.05) is 6.61 Å². The second kappa shape index (κ2) is 5.40. The minimum Gasteiger partial charge on any atom is -0.485 e. The predicted molar refractivity (Wildman–Crippen MR) is 63.0 cm³/mol. The molecule has 0 radical (unpaired) electrons. The van der Waals surface area contributed by atoms with Crippen molar-refractivity contribution in [3.63, 3.8) is 0 Å². The molecule has 0 bridgehead atoms. The first-order valence-electron chi connectivity index (χ1n) is 5.75. The van der Waals surface area contributed by atoms with Gasteiger partial charge in [-0.1, -0.05) is 26.2 Å². The molecular formula is C12H18O2S. The highest BCUT2D eigenvalue weighted by molar-refractivity contribution is 7.08. The normalized spacial score (nSPS) is 19.1. The molecule has 0 N–H and O–H groups in total. The third kappa shape index (κ3) is 2.88. The molecule has 0 fully saturated rings. The fraction of sp³-hybridized carbons (Fsp3) is 0.667. The topological polar surface area (TPSA) is 18.5 Å². The molecule has 0 amide bonds. The Hall–Kier alpha value is -0.700. The van der Waals surface area contributed by atoms with Gasteiger partial charge in [0.25, 0.3) is 0 Å². The summed E-state index contributed by atoms with van der Waals surface area (Å²) in [5.74, 6) is 1.86. The highest BCUT2D eigenvalue weighted by atomic mass is 32.1. The highest BCUT2D eigenvalue weighted by Crippen LogP contribution is 2.35. The molecular weight excluding hydrogens is 208 g/mol. The average Bonchev–Trinajstić information content (AvgIpc) is 2.71. The summed E-state index contributed by atoms with van der Waals surface area (Å²) in [6.07, 6.45) is 6.57. The van der Waals surface area contributed by atoms with Crippen LogP contribution in [0.4, 0.5) is 0 Å². The van der Waals surface area contributed by atoms with Gasteiger partial charge in [-0.05, 0) is 12.8 Å². The number of hydrogen-bond donors (Lipinski definition) is 0. The van der Waals surface area contributed by atoms with Crippen LogP contribution in [0.3, 0.4) is 0 Å². The van der Waals surface area contributed by atoms with Gasteiger partial charge < -0.3 is 9.47 Å². The molecule has 1 atom stereocenters. The molecule has 1 aliphatic rings. The summed E-state index contributed by atoms with van der Waals surface area (Å²) >= 11 is 1.64. The van der Waals surface area contributed by atoms with Crippen molar-refractivity contribution < 1.29 is 9.47 Å². The Morgan fingerprint density at radius 3 is 3.00 bits per heavy atom. The van der Waals surface area contributed by atoms with E-state index in [0.717, 1.165) is 24.5 Å². The zero-order valence-electron chi connectivity index (χ0n) is 9.20. The highest BCUT2D eigenvalue weighted by Gasteiger charge is 2.20. The van der Waals surface area contributed by atoms with Crippen LogP contribution >= 0.6 is 11.3 Å². The molecule has 2 heterocycles. The number of ether oxygens (including phenoxy) is 2. The molecule has 0 saturated heterocycles. The van der Waals surface area contributed by atoms with E-state index in [1.54, 1.807) is 11.3 Å². The van der Waals surface area contributed by atoms with Gasteiger partial charge >= 0.3 is 0 Å². The van der Waals surface area contributed by atoms with Gasteiger partial charge in [0.1, 0.15) is 12.7 Å². The SMILES string of the molecule is CCCCCC[C@H]1COc2cscc2O1. The van der Waals surface area contributed by atoms with Gasteiger partial charge in [0, 0.05) is 10.8 Å². The summed E-state index contributed by atoms with van der Waals surface area (Å²) in [4.78, 5) is 0. The van der Waals surface area contributed by atoms with Crippen LogP contribution in [0.2, 0.25) is 0 Å². The molecule has 2 rings (SSSR count). The lowest BCUT2D eigenvalue weighted by Gasteiger charge is -2.24. The van der Waals surface area contributed by atoms with Gasteiger partial charge in [0.2, 0.25) is 0 Å². The summed E-state index contributed by atoms with van der Waals surface area (Å²) in [5.41, 5.74) is 0. The molecule has 0 unspecified atom stereocenters. The zero-order chi connectivity index (χ0) is 10.5. The quantitative estimate of drug-likeness (QED) is 0.710. The van der Waals surface area contributed by atoms with E-state index >= 15 is 0 Å². The van der Waals surface area contributed by atoms with E-state index in [0.29, 0.717) is 0 Å². The molecule has 15 heavy (non-hydrogen) atoms. The van der Waals surface area contributed by atoms with E-state index in [9.17, 15) is 0 Å². The first-order valence-corrected chi connectivity index (χ1v) is 6.70. The van der Waals surface area contributed by atoms with E-state index < -0.39 is 0 Å². The molecule has 3 heteroatoms. The van der Waals surface area contributed by atoms with Crippen molar-refractivity contribution in [1.82, 2.24) is 0 Å². The van der Waals surface area contributed by atoms with E-state index in [1.165, 1.54) is 25.7 Å². The van der Waals surface area contributed by atoms with Crippen molar-refractivity contribution in [2.24, 2.45) is 0 Å². The molecule has 0 saturated carbocycles. The summed E-state index contributed by atoms with van der Waals surface area (Å²) in [6, 6.07) is 0. The van der Waals surface area contributed by atoms with Crippen LogP contribution in [0.15, 0.2) is 10.8 Å². The number of thiophene rings is 1. The smallest absolute Gasteiger partial charge is 0.172 e. The van der Waals surface area contributed by atoms with E-state index in [2.05, 4.69) is 6.92 Å². The average molecular weight is 226 g/mol. The maximum atomic E-state index is 5.84. The molecule has 1 aromatic rings. The first kappa shape index (κ1) is 10.8. The van der Waals surface area contributed by atoms with Gasteiger partial charge in [0.05, 0.1) is 0 Å². The number of rotatable bonds is 5. The van der Waals surface area contributed by atoms with Gasteiger partial charge in [-0.15, -0.1) is 11.3 Å². The third-order valence-corrected chi connectivity index (χ3v) is 3.39. The van der Waals surface area contributed by atoms with E-state index in [-0.39, 0.29) is 6.10 Å². The lowest BCUT2D eigenvalue weighted by molar-refractivity contribution is 0.0842. The van der Waals surface area contributed by atoms with Gasteiger partial charge in [-0.25, -0.2) is 0 Å². The van der Waals surface area contributed by atoms with Crippen LogP contribution in [0.1, 0.15) is 39.0 Å². The fourth-order valence-corrected chi connectivity index (χ4v) is 2.47. The van der Waals surface area contributed by atoms with Gasteiger partial charge in [-0.2, -0.15) is 0 Å². The van der Waals surface area contributed by atoms with Crippen LogP contribution in [0, 0.1) is 0 Å². The Bertz CT molecular complexity index is 296. The summed E-state index contributed by atoms with van der Waals surface area (Å²) in [5, 5.41) is 4.02. The maximum absolute atomic E-state index is 5.84. The number of unbranched alkanes of at least 4 members (excludes halogenated alkanes) is 3. The number of hydrogen-bond acceptors (Lipinski definition) is 3. The first-order chi connectivity index (χ1) is 7.40. The summed E-state index contributed by atoms with van der Waals surface area (Å²) in [6.45, 7) is 2.95. The Morgan fingerprint density at radius 2 is 2.13 bits per heavy atom. The van der Waals surface area contributed by atoms with Crippen molar-refractivity contribution in [3.8, 4) is 11.5 Å². The van der Waals surface area contributed by atoms with Crippen LogP contribution in [-0.4, -0.2) is 12.7 Å². The fourth-order valence-electron chi connectivity index (χ4n) is 1.80. The molecule has 0 aliphatic carbocycles. The second-order valence-corrected chi connectivity index (χ2v) is 4.74. The lowest BCUT2D eigenvalue weighted by atomic mass is 10.1. The molecule has 84 valence electrons. The zero-order valence-corrected chi connectivity index (χ0v) is 10.0. The monoisotopic (exact) mass is 226 g/mol. The van der Waals surface area contributed by atoms with Crippen molar-refractivity contribution in [2.45, 2.75) is 45.1 Å².